The highest BCUT2D eigenvalue weighted by atomic mass is 32.2. The summed E-state index contributed by atoms with van der Waals surface area (Å²) >= 11 is 1.98. The average molecular weight is 409 g/mol. The van der Waals surface area contributed by atoms with Crippen LogP contribution in [-0.4, -0.2) is 47.2 Å². The van der Waals surface area contributed by atoms with Crippen molar-refractivity contribution in [3.05, 3.63) is 28.8 Å². The lowest BCUT2D eigenvalue weighted by Crippen LogP contribution is -2.54. The highest BCUT2D eigenvalue weighted by Crippen LogP contribution is 2.45. The molecule has 28 heavy (non-hydrogen) atoms. The fraction of sp³-hybridized carbons (Fsp3) is 0.682. The average Bonchev–Trinajstić information content (AvgIpc) is 2.64. The van der Waals surface area contributed by atoms with Crippen molar-refractivity contribution in [3.8, 4) is 5.75 Å². The summed E-state index contributed by atoms with van der Waals surface area (Å²) in [6.07, 6.45) is 2.60. The van der Waals surface area contributed by atoms with Gasteiger partial charge in [-0.3, -0.25) is 0 Å². The van der Waals surface area contributed by atoms with Crippen LogP contribution in [0.15, 0.2) is 12.1 Å². The molecule has 6 heteroatoms. The molecule has 0 amide bonds. The molecule has 2 fully saturated rings. The molecule has 0 aromatic heterocycles. The van der Waals surface area contributed by atoms with Gasteiger partial charge in [-0.2, -0.15) is 11.8 Å². The monoisotopic (exact) mass is 408 g/mol. The van der Waals surface area contributed by atoms with Gasteiger partial charge < -0.3 is 19.3 Å². The number of ether oxygens (including phenoxy) is 3. The summed E-state index contributed by atoms with van der Waals surface area (Å²) in [5, 5.41) is 10.9. The van der Waals surface area contributed by atoms with E-state index in [0.717, 1.165) is 19.3 Å². The van der Waals surface area contributed by atoms with Gasteiger partial charge in [-0.05, 0) is 43.5 Å². The molecule has 1 aromatic rings. The quantitative estimate of drug-likeness (QED) is 0.734. The van der Waals surface area contributed by atoms with Gasteiger partial charge in [-0.15, -0.1) is 0 Å². The Morgan fingerprint density at radius 2 is 1.71 bits per heavy atom. The Morgan fingerprint density at radius 1 is 1.18 bits per heavy atom. The van der Waals surface area contributed by atoms with Crippen molar-refractivity contribution in [2.45, 2.75) is 70.2 Å². The van der Waals surface area contributed by atoms with Crippen LogP contribution in [0.5, 0.6) is 5.75 Å². The lowest BCUT2D eigenvalue weighted by atomic mass is 9.86. The second kappa shape index (κ2) is 8.25. The van der Waals surface area contributed by atoms with E-state index in [1.165, 1.54) is 0 Å². The zero-order valence-corrected chi connectivity index (χ0v) is 18.4. The van der Waals surface area contributed by atoms with Crippen LogP contribution in [-0.2, 0) is 14.2 Å². The van der Waals surface area contributed by atoms with Crippen LogP contribution in [0, 0.1) is 19.3 Å². The Morgan fingerprint density at radius 3 is 2.21 bits per heavy atom. The molecule has 1 spiro atoms. The Balaban J connectivity index is 1.63. The van der Waals surface area contributed by atoms with Crippen LogP contribution < -0.4 is 0 Å². The minimum absolute atomic E-state index is 0.218. The smallest absolute Gasteiger partial charge is 0.338 e. The second-order valence-electron chi connectivity index (χ2n) is 8.54. The lowest BCUT2D eigenvalue weighted by Gasteiger charge is -2.49. The lowest BCUT2D eigenvalue weighted by molar-refractivity contribution is -0.314. The number of thioether (sulfide) groups is 1. The number of phenols is 1. The SMILES string of the molecule is CCC1(COC(=O)c2cc(C)c(O)c(C)c2)COC2(CC(C)SC(C)C2)OC1. The number of carbonyl (C=O) groups is 1. The summed E-state index contributed by atoms with van der Waals surface area (Å²) in [4.78, 5) is 12.6. The number of hydrogen-bond acceptors (Lipinski definition) is 6. The maximum Gasteiger partial charge on any atom is 0.338 e. The second-order valence-corrected chi connectivity index (χ2v) is 10.4. The molecule has 2 unspecified atom stereocenters. The predicted molar refractivity (Wildman–Crippen MR) is 111 cm³/mol. The zero-order chi connectivity index (χ0) is 20.5. The van der Waals surface area contributed by atoms with E-state index in [9.17, 15) is 9.90 Å². The third-order valence-electron chi connectivity index (χ3n) is 5.93. The molecule has 2 saturated heterocycles. The van der Waals surface area contributed by atoms with Gasteiger partial charge >= 0.3 is 5.97 Å². The highest BCUT2D eigenvalue weighted by Gasteiger charge is 2.48. The number of esters is 1. The van der Waals surface area contributed by atoms with E-state index in [0.29, 0.717) is 40.4 Å². The van der Waals surface area contributed by atoms with Gasteiger partial charge in [-0.1, -0.05) is 20.8 Å². The number of aryl methyl sites for hydroxylation is 2. The van der Waals surface area contributed by atoms with E-state index < -0.39 is 5.79 Å². The van der Waals surface area contributed by atoms with Gasteiger partial charge in [0, 0.05) is 23.3 Å². The van der Waals surface area contributed by atoms with Crippen LogP contribution in [0.4, 0.5) is 0 Å². The summed E-state index contributed by atoms with van der Waals surface area (Å²) in [5.74, 6) is -0.650. The van der Waals surface area contributed by atoms with E-state index in [1.54, 1.807) is 26.0 Å². The Hall–Kier alpha value is -1.24. The van der Waals surface area contributed by atoms with E-state index in [4.69, 9.17) is 14.2 Å². The fourth-order valence-corrected chi connectivity index (χ4v) is 5.60. The molecule has 1 N–H and O–H groups in total. The van der Waals surface area contributed by atoms with Gasteiger partial charge in [0.15, 0.2) is 5.79 Å². The van der Waals surface area contributed by atoms with Gasteiger partial charge in [0.25, 0.3) is 0 Å². The molecule has 2 heterocycles. The molecule has 0 radical (unpaired) electrons. The summed E-state index contributed by atoms with van der Waals surface area (Å²) in [6, 6.07) is 3.32. The van der Waals surface area contributed by atoms with Crippen LogP contribution in [0.3, 0.4) is 0 Å². The third kappa shape index (κ3) is 4.50. The molecule has 3 rings (SSSR count). The maximum atomic E-state index is 12.6. The standard InChI is InChI=1S/C22H32O5S/c1-6-21(11-25-20(24)18-7-14(2)19(23)15(3)8-18)12-26-22(27-13-21)9-16(4)28-17(5)10-22/h7-8,16-17,23H,6,9-13H2,1-5H3. The van der Waals surface area contributed by atoms with Crippen LogP contribution in [0.1, 0.15) is 61.5 Å². The van der Waals surface area contributed by atoms with Crippen molar-refractivity contribution in [1.82, 2.24) is 0 Å². The van der Waals surface area contributed by atoms with E-state index >= 15 is 0 Å². The summed E-state index contributed by atoms with van der Waals surface area (Å²) in [7, 11) is 0. The van der Waals surface area contributed by atoms with Crippen LogP contribution >= 0.6 is 11.8 Å². The normalized spacial score (nSPS) is 33.0. The molecule has 2 aliphatic rings. The number of aromatic hydroxyl groups is 1. The van der Waals surface area contributed by atoms with Gasteiger partial charge in [-0.25, -0.2) is 4.79 Å². The molecule has 2 atom stereocenters. The number of carbonyl (C=O) groups excluding carboxylic acids is 1. The number of benzene rings is 1. The minimum Gasteiger partial charge on any atom is -0.507 e. The Labute approximate surface area is 172 Å². The molecule has 0 bridgehead atoms. The zero-order valence-electron chi connectivity index (χ0n) is 17.5. The molecule has 5 nitrogen and oxygen atoms in total. The van der Waals surface area contributed by atoms with Gasteiger partial charge in [0.1, 0.15) is 12.4 Å². The largest absolute Gasteiger partial charge is 0.507 e. The first-order valence-corrected chi connectivity index (χ1v) is 11.0. The number of rotatable bonds is 4. The van der Waals surface area contributed by atoms with Crippen molar-refractivity contribution in [3.63, 3.8) is 0 Å². The van der Waals surface area contributed by atoms with Crippen molar-refractivity contribution in [2.75, 3.05) is 19.8 Å². The van der Waals surface area contributed by atoms with Gasteiger partial charge in [0.05, 0.1) is 24.2 Å². The first kappa shape index (κ1) is 21.5. The van der Waals surface area contributed by atoms with E-state index in [1.807, 2.05) is 11.8 Å². The summed E-state index contributed by atoms with van der Waals surface area (Å²) in [6.45, 7) is 11.4. The molecule has 156 valence electrons. The summed E-state index contributed by atoms with van der Waals surface area (Å²) in [5.41, 5.74) is 1.47. The van der Waals surface area contributed by atoms with Gasteiger partial charge in [0.2, 0.25) is 0 Å². The van der Waals surface area contributed by atoms with Crippen LogP contribution in [0.25, 0.3) is 0 Å². The molecule has 0 saturated carbocycles. The Bertz CT molecular complexity index is 689. The molecular formula is C22H32O5S. The highest BCUT2D eigenvalue weighted by molar-refractivity contribution is 8.00. The molecule has 2 aliphatic heterocycles. The van der Waals surface area contributed by atoms with Crippen molar-refractivity contribution >= 4 is 17.7 Å². The predicted octanol–water partition coefficient (Wildman–Crippen LogP) is 4.61. The van der Waals surface area contributed by atoms with E-state index in [2.05, 4.69) is 20.8 Å². The Kier molecular flexibility index (Phi) is 6.32. The molecular weight excluding hydrogens is 376 g/mol. The van der Waals surface area contributed by atoms with Crippen molar-refractivity contribution in [1.29, 1.82) is 0 Å². The van der Waals surface area contributed by atoms with Crippen LogP contribution in [0.2, 0.25) is 0 Å². The van der Waals surface area contributed by atoms with Crippen molar-refractivity contribution < 1.29 is 24.1 Å². The first-order chi connectivity index (χ1) is 13.2. The first-order valence-electron chi connectivity index (χ1n) is 10.1. The van der Waals surface area contributed by atoms with Crippen molar-refractivity contribution in [2.24, 2.45) is 5.41 Å². The molecule has 1 aromatic carbocycles. The number of phenolic OH excluding ortho intramolecular Hbond substituents is 1. The number of hydrogen-bond donors (Lipinski definition) is 1. The minimum atomic E-state index is -0.488. The maximum absolute atomic E-state index is 12.6. The topological polar surface area (TPSA) is 65.0 Å². The third-order valence-corrected chi connectivity index (χ3v) is 7.19. The summed E-state index contributed by atoms with van der Waals surface area (Å²) < 4.78 is 18.2. The van der Waals surface area contributed by atoms with E-state index in [-0.39, 0.29) is 23.7 Å². The fourth-order valence-electron chi connectivity index (χ4n) is 4.11. The molecule has 0 aliphatic carbocycles.